The van der Waals surface area contributed by atoms with Gasteiger partial charge >= 0.3 is 0 Å². The van der Waals surface area contributed by atoms with Crippen LogP contribution in [0.5, 0.6) is 0 Å². The first-order valence-electron chi connectivity index (χ1n) is 11.3. The lowest BCUT2D eigenvalue weighted by molar-refractivity contribution is -0.115. The topological polar surface area (TPSA) is 145 Å². The molecule has 0 aromatic carbocycles. The molecule has 4 heterocycles. The number of halogens is 1. The van der Waals surface area contributed by atoms with Gasteiger partial charge in [-0.1, -0.05) is 22.6 Å². The number of alkyl halides is 1. The lowest BCUT2D eigenvalue weighted by atomic mass is 10.2. The summed E-state index contributed by atoms with van der Waals surface area (Å²) in [6.07, 6.45) is 5.25. The number of hydrogen-bond donors (Lipinski definition) is 2. The molecule has 0 aliphatic heterocycles. The normalized spacial score (nSPS) is 11.7. The highest BCUT2D eigenvalue weighted by atomic mass is 19.1. The minimum absolute atomic E-state index is 0.0448. The van der Waals surface area contributed by atoms with Gasteiger partial charge in [0.25, 0.3) is 5.91 Å². The van der Waals surface area contributed by atoms with E-state index in [2.05, 4.69) is 41.2 Å². The molecule has 1 atom stereocenters. The van der Waals surface area contributed by atoms with Crippen LogP contribution in [0, 0.1) is 6.92 Å². The fourth-order valence-corrected chi connectivity index (χ4v) is 3.26. The number of anilines is 1. The standard InChI is InChI=1S/C23H25FN10O2/c1-16-5-6-17(11-26-16)10-22(35)28-21-15-34(32-30-21)13-18(24)7-9-33-14-20(29-31-33)23(36)27-12-19-4-2-3-8-25-19/h2-6,8,11,14-15,18H,7,9-10,12-13H2,1H3,(H,27,36)(H,28,35). The van der Waals surface area contributed by atoms with Crippen LogP contribution in [-0.2, 0) is 30.8 Å². The average molecular weight is 493 g/mol. The van der Waals surface area contributed by atoms with Crippen molar-refractivity contribution in [3.8, 4) is 0 Å². The quantitative estimate of drug-likeness (QED) is 0.320. The molecule has 4 aromatic rings. The molecule has 0 spiro atoms. The van der Waals surface area contributed by atoms with Crippen LogP contribution in [0.25, 0.3) is 0 Å². The minimum Gasteiger partial charge on any atom is -0.345 e. The first-order valence-corrected chi connectivity index (χ1v) is 11.3. The second kappa shape index (κ2) is 11.7. The van der Waals surface area contributed by atoms with E-state index in [9.17, 15) is 14.0 Å². The van der Waals surface area contributed by atoms with Gasteiger partial charge in [-0.15, -0.1) is 10.2 Å². The van der Waals surface area contributed by atoms with Crippen LogP contribution in [0.3, 0.4) is 0 Å². The van der Waals surface area contributed by atoms with Crippen LogP contribution in [0.4, 0.5) is 10.2 Å². The summed E-state index contributed by atoms with van der Waals surface area (Å²) in [4.78, 5) is 32.7. The van der Waals surface area contributed by atoms with Crippen molar-refractivity contribution in [2.45, 2.75) is 45.6 Å². The van der Waals surface area contributed by atoms with Gasteiger partial charge in [0.05, 0.1) is 37.6 Å². The van der Waals surface area contributed by atoms with Crippen molar-refractivity contribution in [1.82, 2.24) is 45.3 Å². The van der Waals surface area contributed by atoms with Crippen molar-refractivity contribution in [2.75, 3.05) is 5.32 Å². The third-order valence-electron chi connectivity index (χ3n) is 5.13. The van der Waals surface area contributed by atoms with E-state index in [1.165, 1.54) is 21.8 Å². The number of pyridine rings is 2. The van der Waals surface area contributed by atoms with E-state index in [0.29, 0.717) is 0 Å². The van der Waals surface area contributed by atoms with Gasteiger partial charge in [-0.3, -0.25) is 24.2 Å². The molecule has 0 fully saturated rings. The number of carbonyl (C=O) groups excluding carboxylic acids is 2. The summed E-state index contributed by atoms with van der Waals surface area (Å²) in [5.74, 6) is -0.417. The number of aromatic nitrogens is 8. The van der Waals surface area contributed by atoms with Crippen LogP contribution in [-0.4, -0.2) is 57.9 Å². The Balaban J connectivity index is 1.19. The van der Waals surface area contributed by atoms with Gasteiger partial charge in [0.1, 0.15) is 6.17 Å². The Morgan fingerprint density at radius 3 is 2.69 bits per heavy atom. The second-order valence-corrected chi connectivity index (χ2v) is 8.12. The van der Waals surface area contributed by atoms with Crippen molar-refractivity contribution in [3.63, 3.8) is 0 Å². The molecule has 186 valence electrons. The highest BCUT2D eigenvalue weighted by molar-refractivity contribution is 5.92. The molecule has 2 N–H and O–H groups in total. The van der Waals surface area contributed by atoms with Gasteiger partial charge in [0.2, 0.25) is 5.91 Å². The predicted octanol–water partition coefficient (Wildman–Crippen LogP) is 1.51. The average Bonchev–Trinajstić information content (AvgIpc) is 3.53. The number of nitrogens with one attached hydrogen (secondary N) is 2. The molecule has 0 saturated heterocycles. The Hall–Kier alpha value is -4.55. The van der Waals surface area contributed by atoms with E-state index < -0.39 is 6.17 Å². The third kappa shape index (κ3) is 7.22. The first kappa shape index (κ1) is 24.6. The first-order chi connectivity index (χ1) is 17.4. The van der Waals surface area contributed by atoms with Gasteiger partial charge < -0.3 is 10.6 Å². The Morgan fingerprint density at radius 1 is 1.06 bits per heavy atom. The number of amides is 2. The summed E-state index contributed by atoms with van der Waals surface area (Å²) in [5.41, 5.74) is 2.50. The molecular weight excluding hydrogens is 467 g/mol. The highest BCUT2D eigenvalue weighted by Crippen LogP contribution is 2.08. The van der Waals surface area contributed by atoms with Crippen molar-refractivity contribution < 1.29 is 14.0 Å². The highest BCUT2D eigenvalue weighted by Gasteiger charge is 2.14. The summed E-state index contributed by atoms with van der Waals surface area (Å²) in [5, 5.41) is 20.8. The largest absolute Gasteiger partial charge is 0.345 e. The Labute approximate surface area is 206 Å². The zero-order valence-electron chi connectivity index (χ0n) is 19.6. The van der Waals surface area contributed by atoms with Gasteiger partial charge in [0.15, 0.2) is 11.5 Å². The van der Waals surface area contributed by atoms with Crippen LogP contribution in [0.2, 0.25) is 0 Å². The SMILES string of the molecule is Cc1ccc(CC(=O)Nc2cn(CC(F)CCn3cc(C(=O)NCc4ccccn4)nn3)nn2)cn1. The van der Waals surface area contributed by atoms with Gasteiger partial charge in [-0.25, -0.2) is 9.07 Å². The number of carbonyl (C=O) groups is 2. The monoisotopic (exact) mass is 492 g/mol. The lowest BCUT2D eigenvalue weighted by Crippen LogP contribution is -2.23. The van der Waals surface area contributed by atoms with Crippen LogP contribution in [0.15, 0.2) is 55.1 Å². The molecule has 13 heteroatoms. The number of hydrogen-bond acceptors (Lipinski definition) is 8. The predicted molar refractivity (Wildman–Crippen MR) is 126 cm³/mol. The van der Waals surface area contributed by atoms with E-state index in [4.69, 9.17) is 0 Å². The van der Waals surface area contributed by atoms with Crippen LogP contribution >= 0.6 is 0 Å². The zero-order chi connectivity index (χ0) is 25.3. The molecule has 0 saturated carbocycles. The molecule has 36 heavy (non-hydrogen) atoms. The molecule has 2 amide bonds. The van der Waals surface area contributed by atoms with E-state index in [-0.39, 0.29) is 55.8 Å². The summed E-state index contributed by atoms with van der Waals surface area (Å²) in [6.45, 7) is 2.32. The van der Waals surface area contributed by atoms with Gasteiger partial charge in [-0.05, 0) is 30.7 Å². The summed E-state index contributed by atoms with van der Waals surface area (Å²) in [7, 11) is 0. The van der Waals surface area contributed by atoms with Crippen LogP contribution < -0.4 is 10.6 Å². The maximum atomic E-state index is 14.5. The summed E-state index contributed by atoms with van der Waals surface area (Å²) >= 11 is 0. The summed E-state index contributed by atoms with van der Waals surface area (Å²) in [6, 6.07) is 9.09. The van der Waals surface area contributed by atoms with Crippen LogP contribution in [0.1, 0.15) is 33.9 Å². The van der Waals surface area contributed by atoms with Crippen molar-refractivity contribution in [2.24, 2.45) is 0 Å². The van der Waals surface area contributed by atoms with Crippen molar-refractivity contribution in [3.05, 3.63) is 77.8 Å². The Bertz CT molecular complexity index is 1290. The molecule has 0 bridgehead atoms. The van der Waals surface area contributed by atoms with Gasteiger partial charge in [-0.2, -0.15) is 0 Å². The smallest absolute Gasteiger partial charge is 0.273 e. The minimum atomic E-state index is -1.25. The van der Waals surface area contributed by atoms with Crippen molar-refractivity contribution in [1.29, 1.82) is 0 Å². The number of aryl methyl sites for hydroxylation is 2. The second-order valence-electron chi connectivity index (χ2n) is 8.12. The Morgan fingerprint density at radius 2 is 1.92 bits per heavy atom. The molecule has 4 rings (SSSR count). The molecular formula is C23H25FN10O2. The van der Waals surface area contributed by atoms with E-state index >= 15 is 0 Å². The van der Waals surface area contributed by atoms with E-state index in [1.54, 1.807) is 24.5 Å². The van der Waals surface area contributed by atoms with E-state index in [0.717, 1.165) is 17.0 Å². The molecule has 0 radical (unpaired) electrons. The fourth-order valence-electron chi connectivity index (χ4n) is 3.26. The van der Waals surface area contributed by atoms with Gasteiger partial charge in [0, 0.05) is 31.1 Å². The molecule has 1 unspecified atom stereocenters. The number of rotatable bonds is 11. The maximum absolute atomic E-state index is 14.5. The molecule has 4 aromatic heterocycles. The number of nitrogens with zero attached hydrogens (tertiary/aromatic N) is 8. The summed E-state index contributed by atoms with van der Waals surface area (Å²) < 4.78 is 17.2. The molecule has 0 aliphatic rings. The molecule has 0 aliphatic carbocycles. The third-order valence-corrected chi connectivity index (χ3v) is 5.13. The zero-order valence-corrected chi connectivity index (χ0v) is 19.6. The fraction of sp³-hybridized carbons (Fsp3) is 0.304. The van der Waals surface area contributed by atoms with E-state index in [1.807, 2.05) is 25.1 Å². The maximum Gasteiger partial charge on any atom is 0.273 e. The Kier molecular flexibility index (Phi) is 8.01. The molecule has 12 nitrogen and oxygen atoms in total. The van der Waals surface area contributed by atoms with Crippen molar-refractivity contribution >= 4 is 17.6 Å². The lowest BCUT2D eigenvalue weighted by Gasteiger charge is -2.07.